The molecular weight excluding hydrogens is 344 g/mol. The molecule has 1 aromatic carbocycles. The van der Waals surface area contributed by atoms with Crippen molar-refractivity contribution in [3.8, 4) is 0 Å². The van der Waals surface area contributed by atoms with Crippen molar-refractivity contribution in [3.05, 3.63) is 54.4 Å². The molecular formula is C20H26N4OS. The maximum Gasteiger partial charge on any atom is 0.230 e. The highest BCUT2D eigenvalue weighted by molar-refractivity contribution is 7.99. The lowest BCUT2D eigenvalue weighted by Gasteiger charge is -2.22. The highest BCUT2D eigenvalue weighted by atomic mass is 32.2. The zero-order valence-electron chi connectivity index (χ0n) is 15.4. The number of carbonyl (C=O) groups is 1. The minimum atomic E-state index is 0.0115. The van der Waals surface area contributed by atoms with Gasteiger partial charge in [0.05, 0.1) is 11.8 Å². The predicted molar refractivity (Wildman–Crippen MR) is 105 cm³/mol. The van der Waals surface area contributed by atoms with E-state index in [1.807, 2.05) is 24.3 Å². The van der Waals surface area contributed by atoms with Crippen LogP contribution in [0.3, 0.4) is 0 Å². The quantitative estimate of drug-likeness (QED) is 0.536. The second-order valence-corrected chi connectivity index (χ2v) is 7.95. The number of amides is 1. The summed E-state index contributed by atoms with van der Waals surface area (Å²) in [7, 11) is 0. The van der Waals surface area contributed by atoms with Gasteiger partial charge >= 0.3 is 0 Å². The van der Waals surface area contributed by atoms with Gasteiger partial charge < -0.3 is 9.88 Å². The minimum Gasteiger partial charge on any atom is -0.348 e. The molecule has 1 heterocycles. The Morgan fingerprint density at radius 1 is 1.35 bits per heavy atom. The van der Waals surface area contributed by atoms with Crippen molar-refractivity contribution < 1.29 is 4.79 Å². The van der Waals surface area contributed by atoms with Crippen LogP contribution >= 0.6 is 11.8 Å². The van der Waals surface area contributed by atoms with E-state index >= 15 is 0 Å². The van der Waals surface area contributed by atoms with Crippen LogP contribution in [-0.4, -0.2) is 26.4 Å². The molecule has 1 aliphatic rings. The summed E-state index contributed by atoms with van der Waals surface area (Å²) in [5.41, 5.74) is 1.13. The van der Waals surface area contributed by atoms with Gasteiger partial charge in [0.1, 0.15) is 5.82 Å². The van der Waals surface area contributed by atoms with Gasteiger partial charge in [-0.25, -0.2) is 0 Å². The second-order valence-electron chi connectivity index (χ2n) is 7.00. The summed E-state index contributed by atoms with van der Waals surface area (Å²) in [6.07, 6.45) is 4.20. The molecule has 0 spiro atoms. The Labute approximate surface area is 159 Å². The highest BCUT2D eigenvalue weighted by Gasteiger charge is 2.30. The summed E-state index contributed by atoms with van der Waals surface area (Å²) >= 11 is 1.44. The van der Waals surface area contributed by atoms with Crippen LogP contribution in [-0.2, 0) is 11.3 Å². The first-order valence-corrected chi connectivity index (χ1v) is 10.1. The van der Waals surface area contributed by atoms with Crippen LogP contribution in [0.15, 0.2) is 48.1 Å². The standard InChI is InChI=1S/C20H26N4OS/c1-4-12-24-19(16-10-11-16)22-23-20(24)26-13-17(25)21-18(14(2)3)15-8-6-5-7-9-15/h4-9,14,16,18H,1,10-13H2,2-3H3,(H,21,25). The molecule has 0 radical (unpaired) electrons. The average molecular weight is 371 g/mol. The monoisotopic (exact) mass is 370 g/mol. The van der Waals surface area contributed by atoms with E-state index in [1.165, 1.54) is 24.6 Å². The Morgan fingerprint density at radius 2 is 2.08 bits per heavy atom. The summed E-state index contributed by atoms with van der Waals surface area (Å²) < 4.78 is 2.08. The van der Waals surface area contributed by atoms with Gasteiger partial charge in [-0.2, -0.15) is 0 Å². The zero-order chi connectivity index (χ0) is 18.5. The second kappa shape index (κ2) is 8.54. The fourth-order valence-corrected chi connectivity index (χ4v) is 3.76. The van der Waals surface area contributed by atoms with Crippen LogP contribution in [0.1, 0.15) is 50.0 Å². The molecule has 138 valence electrons. The number of nitrogens with zero attached hydrogens (tertiary/aromatic N) is 3. The molecule has 1 N–H and O–H groups in total. The zero-order valence-corrected chi connectivity index (χ0v) is 16.2. The maximum absolute atomic E-state index is 12.5. The van der Waals surface area contributed by atoms with Crippen molar-refractivity contribution in [1.29, 1.82) is 0 Å². The summed E-state index contributed by atoms with van der Waals surface area (Å²) in [5.74, 6) is 2.21. The SMILES string of the molecule is C=CCn1c(SCC(=O)NC(c2ccccc2)C(C)C)nnc1C1CC1. The molecule has 1 atom stereocenters. The molecule has 0 saturated heterocycles. The van der Waals surface area contributed by atoms with Crippen molar-refractivity contribution in [3.63, 3.8) is 0 Å². The van der Waals surface area contributed by atoms with Crippen LogP contribution in [0.2, 0.25) is 0 Å². The van der Waals surface area contributed by atoms with Gasteiger partial charge in [-0.3, -0.25) is 4.79 Å². The number of rotatable bonds is 9. The van der Waals surface area contributed by atoms with E-state index in [-0.39, 0.29) is 11.9 Å². The molecule has 0 aliphatic heterocycles. The number of carbonyl (C=O) groups excluding carboxylic acids is 1. The molecule has 6 heteroatoms. The molecule has 0 bridgehead atoms. The van der Waals surface area contributed by atoms with E-state index in [0.29, 0.717) is 24.1 Å². The number of benzene rings is 1. The van der Waals surface area contributed by atoms with Gasteiger partial charge in [0, 0.05) is 12.5 Å². The minimum absolute atomic E-state index is 0.0115. The lowest BCUT2D eigenvalue weighted by atomic mass is 9.96. The Morgan fingerprint density at radius 3 is 2.69 bits per heavy atom. The van der Waals surface area contributed by atoms with E-state index in [0.717, 1.165) is 16.5 Å². The average Bonchev–Trinajstić information content (AvgIpc) is 3.40. The van der Waals surface area contributed by atoms with Crippen LogP contribution in [0.4, 0.5) is 0 Å². The van der Waals surface area contributed by atoms with Crippen molar-refractivity contribution >= 4 is 17.7 Å². The molecule has 1 amide bonds. The normalized spacial score (nSPS) is 15.0. The number of allylic oxidation sites excluding steroid dienone is 1. The van der Waals surface area contributed by atoms with Gasteiger partial charge in [-0.1, -0.05) is 62.0 Å². The Bertz CT molecular complexity index is 752. The fourth-order valence-electron chi connectivity index (χ4n) is 2.99. The lowest BCUT2D eigenvalue weighted by molar-refractivity contribution is -0.119. The van der Waals surface area contributed by atoms with Gasteiger partial charge in [-0.05, 0) is 24.3 Å². The Hall–Kier alpha value is -2.08. The predicted octanol–water partition coefficient (Wildman–Crippen LogP) is 3.95. The lowest BCUT2D eigenvalue weighted by Crippen LogP contribution is -2.33. The maximum atomic E-state index is 12.5. The molecule has 26 heavy (non-hydrogen) atoms. The summed E-state index contributed by atoms with van der Waals surface area (Å²) in [6.45, 7) is 8.74. The fraction of sp³-hybridized carbons (Fsp3) is 0.450. The van der Waals surface area contributed by atoms with Gasteiger partial charge in [0.2, 0.25) is 5.91 Å². The number of thioether (sulfide) groups is 1. The highest BCUT2D eigenvalue weighted by Crippen LogP contribution is 2.40. The number of nitrogens with one attached hydrogen (secondary N) is 1. The van der Waals surface area contributed by atoms with Crippen LogP contribution < -0.4 is 5.32 Å². The van der Waals surface area contributed by atoms with E-state index in [9.17, 15) is 4.79 Å². The third-order valence-corrected chi connectivity index (χ3v) is 5.44. The first-order valence-electron chi connectivity index (χ1n) is 9.11. The van der Waals surface area contributed by atoms with E-state index < -0.39 is 0 Å². The summed E-state index contributed by atoms with van der Waals surface area (Å²) in [5, 5.41) is 12.6. The third-order valence-electron chi connectivity index (χ3n) is 4.47. The van der Waals surface area contributed by atoms with E-state index in [1.54, 1.807) is 0 Å². The van der Waals surface area contributed by atoms with Crippen molar-refractivity contribution in [1.82, 2.24) is 20.1 Å². The molecule has 1 aromatic heterocycles. The summed E-state index contributed by atoms with van der Waals surface area (Å²) in [6, 6.07) is 10.1. The molecule has 1 fully saturated rings. The third kappa shape index (κ3) is 4.55. The summed E-state index contributed by atoms with van der Waals surface area (Å²) in [4.78, 5) is 12.5. The molecule has 3 rings (SSSR count). The molecule has 5 nitrogen and oxygen atoms in total. The number of hydrogen-bond acceptors (Lipinski definition) is 4. The van der Waals surface area contributed by atoms with Gasteiger partial charge in [0.15, 0.2) is 5.16 Å². The topological polar surface area (TPSA) is 59.8 Å². The number of aromatic nitrogens is 3. The molecule has 1 aliphatic carbocycles. The van der Waals surface area contributed by atoms with E-state index in [2.05, 4.69) is 52.6 Å². The van der Waals surface area contributed by atoms with Gasteiger partial charge in [-0.15, -0.1) is 16.8 Å². The first-order chi connectivity index (χ1) is 12.6. The smallest absolute Gasteiger partial charge is 0.230 e. The first kappa shape index (κ1) is 18.7. The van der Waals surface area contributed by atoms with Crippen LogP contribution in [0.5, 0.6) is 0 Å². The molecule has 1 saturated carbocycles. The van der Waals surface area contributed by atoms with Gasteiger partial charge in [0.25, 0.3) is 0 Å². The van der Waals surface area contributed by atoms with Crippen LogP contribution in [0.25, 0.3) is 0 Å². The largest absolute Gasteiger partial charge is 0.348 e. The number of hydrogen-bond donors (Lipinski definition) is 1. The van der Waals surface area contributed by atoms with Crippen molar-refractivity contribution in [2.75, 3.05) is 5.75 Å². The Balaban J connectivity index is 1.62. The van der Waals surface area contributed by atoms with Crippen molar-refractivity contribution in [2.24, 2.45) is 5.92 Å². The van der Waals surface area contributed by atoms with Crippen LogP contribution in [0, 0.1) is 5.92 Å². The van der Waals surface area contributed by atoms with E-state index in [4.69, 9.17) is 0 Å². The molecule has 1 unspecified atom stereocenters. The Kier molecular flexibility index (Phi) is 6.14. The van der Waals surface area contributed by atoms with Crippen molar-refractivity contribution in [2.45, 2.75) is 50.4 Å². The molecule has 2 aromatic rings.